The number of hydrogen-bond acceptors (Lipinski definition) is 4. The maximum Gasteiger partial charge on any atom is 0.333 e. The average molecular weight is 661 g/mol. The van der Waals surface area contributed by atoms with E-state index in [0.29, 0.717) is 36.2 Å². The van der Waals surface area contributed by atoms with Gasteiger partial charge < -0.3 is 9.47 Å². The van der Waals surface area contributed by atoms with Gasteiger partial charge in [0.2, 0.25) is 0 Å². The van der Waals surface area contributed by atoms with Crippen LogP contribution in [-0.2, 0) is 19.1 Å². The summed E-state index contributed by atoms with van der Waals surface area (Å²) >= 11 is 0. The molecular formula is C44H68O4. The second-order valence-corrected chi connectivity index (χ2v) is 16.0. The van der Waals surface area contributed by atoms with E-state index in [1.165, 1.54) is 114 Å². The molecule has 3 saturated carbocycles. The number of carbonyl (C=O) groups excluding carboxylic acids is 2. The number of esters is 2. The monoisotopic (exact) mass is 661 g/mol. The number of carbonyl (C=O) groups is 2. The normalized spacial score (nSPS) is 26.2. The summed E-state index contributed by atoms with van der Waals surface area (Å²) in [6.45, 7) is 13.8. The van der Waals surface area contributed by atoms with Crippen LogP contribution in [-0.4, -0.2) is 25.2 Å². The van der Waals surface area contributed by atoms with Gasteiger partial charge in [-0.2, -0.15) is 0 Å². The minimum atomic E-state index is -0.324. The van der Waals surface area contributed by atoms with E-state index in [2.05, 4.69) is 44.3 Å². The molecule has 0 atom stereocenters. The molecule has 48 heavy (non-hydrogen) atoms. The van der Waals surface area contributed by atoms with Crippen molar-refractivity contribution in [3.05, 3.63) is 59.7 Å². The maximum atomic E-state index is 11.8. The summed E-state index contributed by atoms with van der Waals surface area (Å²) in [5.74, 6) is 5.37. The molecule has 3 aliphatic carbocycles. The molecule has 0 heterocycles. The first-order chi connectivity index (χ1) is 23.2. The third kappa shape index (κ3) is 12.2. The van der Waals surface area contributed by atoms with Gasteiger partial charge in [0.1, 0.15) is 0 Å². The zero-order valence-electron chi connectivity index (χ0n) is 31.0. The number of benzene rings is 1. The molecule has 268 valence electrons. The van der Waals surface area contributed by atoms with Crippen LogP contribution in [0, 0.1) is 29.6 Å². The highest BCUT2D eigenvalue weighted by Gasteiger charge is 2.35. The van der Waals surface area contributed by atoms with E-state index < -0.39 is 0 Å². The van der Waals surface area contributed by atoms with Gasteiger partial charge in [-0.15, -0.1) is 0 Å². The highest BCUT2D eigenvalue weighted by atomic mass is 16.5. The summed E-state index contributed by atoms with van der Waals surface area (Å²) in [6, 6.07) is 9.40. The van der Waals surface area contributed by atoms with Crippen molar-refractivity contribution in [3.8, 4) is 0 Å². The van der Waals surface area contributed by atoms with Crippen LogP contribution in [0.5, 0.6) is 0 Å². The third-order valence-corrected chi connectivity index (χ3v) is 12.5. The van der Waals surface area contributed by atoms with Crippen LogP contribution < -0.4 is 0 Å². The van der Waals surface area contributed by atoms with Crippen molar-refractivity contribution < 1.29 is 19.1 Å². The Hall–Kier alpha value is -2.36. The Bertz CT molecular complexity index is 1090. The molecule has 1 aromatic carbocycles. The molecular weight excluding hydrogens is 592 g/mol. The van der Waals surface area contributed by atoms with E-state index in [1.54, 1.807) is 13.8 Å². The van der Waals surface area contributed by atoms with Gasteiger partial charge in [0.25, 0.3) is 0 Å². The lowest BCUT2D eigenvalue weighted by Crippen LogP contribution is -2.29. The van der Waals surface area contributed by atoms with Crippen molar-refractivity contribution in [2.45, 2.75) is 161 Å². The van der Waals surface area contributed by atoms with Crippen molar-refractivity contribution in [2.24, 2.45) is 29.6 Å². The fourth-order valence-corrected chi connectivity index (χ4v) is 9.40. The first-order valence-electron chi connectivity index (χ1n) is 20.0. The molecule has 0 saturated heterocycles. The van der Waals surface area contributed by atoms with Gasteiger partial charge in [-0.25, -0.2) is 9.59 Å². The van der Waals surface area contributed by atoms with Crippen LogP contribution >= 0.6 is 0 Å². The smallest absolute Gasteiger partial charge is 0.333 e. The number of unbranched alkanes of at least 4 members (excludes halogenated alkanes) is 2. The van der Waals surface area contributed by atoms with Crippen LogP contribution in [0.1, 0.15) is 172 Å². The van der Waals surface area contributed by atoms with E-state index >= 15 is 0 Å². The molecule has 1 aromatic rings. The summed E-state index contributed by atoms with van der Waals surface area (Å²) in [5, 5.41) is 0. The molecule has 0 aliphatic heterocycles. The maximum absolute atomic E-state index is 11.8. The quantitative estimate of drug-likeness (QED) is 0.0893. The molecule has 3 fully saturated rings. The largest absolute Gasteiger partial charge is 0.462 e. The standard InChI is InChI=1S/C44H68O4/c1-6-7-8-11-34-14-16-36(17-15-34)38-22-24-40(25-23-38)42-28-26-41(27-29-42)39-20-18-37(19-21-39)35(12-9-30-47-43(45)32(2)3)13-10-31-48-44(46)33(4)5/h18-21,34-36,38,40-42H,2,4,6-17,22-31H2,1,3,5H3. The first-order valence-corrected chi connectivity index (χ1v) is 20.0. The minimum absolute atomic E-state index is 0.324. The summed E-state index contributed by atoms with van der Waals surface area (Å²) < 4.78 is 10.7. The van der Waals surface area contributed by atoms with Gasteiger partial charge in [0, 0.05) is 11.1 Å². The van der Waals surface area contributed by atoms with Crippen molar-refractivity contribution in [1.29, 1.82) is 0 Å². The van der Waals surface area contributed by atoms with Crippen molar-refractivity contribution in [2.75, 3.05) is 13.2 Å². The van der Waals surface area contributed by atoms with Crippen LogP contribution in [0.4, 0.5) is 0 Å². The van der Waals surface area contributed by atoms with E-state index in [0.717, 1.165) is 55.3 Å². The SMILES string of the molecule is C=C(C)C(=O)OCCCC(CCCOC(=O)C(=C)C)c1ccc(C2CCC(C3CCC(C4CCC(CCCCC)CC4)CC3)CC2)cc1. The van der Waals surface area contributed by atoms with Gasteiger partial charge >= 0.3 is 11.9 Å². The lowest BCUT2D eigenvalue weighted by molar-refractivity contribution is -0.139. The van der Waals surface area contributed by atoms with Crippen LogP contribution in [0.15, 0.2) is 48.6 Å². The predicted octanol–water partition coefficient (Wildman–Crippen LogP) is 12.0. The molecule has 0 radical (unpaired) electrons. The molecule has 0 bridgehead atoms. The van der Waals surface area contributed by atoms with Gasteiger partial charge in [-0.3, -0.25) is 0 Å². The Morgan fingerprint density at radius 2 is 1.08 bits per heavy atom. The fourth-order valence-electron chi connectivity index (χ4n) is 9.40. The average Bonchev–Trinajstić information content (AvgIpc) is 3.11. The molecule has 0 spiro atoms. The van der Waals surface area contributed by atoms with Crippen LogP contribution in [0.3, 0.4) is 0 Å². The number of ether oxygens (including phenoxy) is 2. The molecule has 0 unspecified atom stereocenters. The molecule has 0 N–H and O–H groups in total. The Morgan fingerprint density at radius 3 is 1.52 bits per heavy atom. The van der Waals surface area contributed by atoms with Crippen molar-refractivity contribution in [1.82, 2.24) is 0 Å². The first kappa shape index (κ1) is 38.4. The molecule has 0 amide bonds. The van der Waals surface area contributed by atoms with Gasteiger partial charge in [-0.1, -0.05) is 82.9 Å². The highest BCUT2D eigenvalue weighted by molar-refractivity contribution is 5.87. The van der Waals surface area contributed by atoms with E-state index in [-0.39, 0.29) is 11.9 Å². The Morgan fingerprint density at radius 1 is 0.646 bits per heavy atom. The van der Waals surface area contributed by atoms with Crippen LogP contribution in [0.25, 0.3) is 0 Å². The van der Waals surface area contributed by atoms with Gasteiger partial charge in [0.15, 0.2) is 0 Å². The third-order valence-electron chi connectivity index (χ3n) is 12.5. The van der Waals surface area contributed by atoms with E-state index in [4.69, 9.17) is 9.47 Å². The zero-order valence-corrected chi connectivity index (χ0v) is 31.0. The highest BCUT2D eigenvalue weighted by Crippen LogP contribution is 2.47. The topological polar surface area (TPSA) is 52.6 Å². The molecule has 0 aromatic heterocycles. The summed E-state index contributed by atoms with van der Waals surface area (Å²) in [7, 11) is 0. The summed E-state index contributed by atoms with van der Waals surface area (Å²) in [5.41, 5.74) is 3.69. The Labute approximate surface area is 293 Å². The number of hydrogen-bond donors (Lipinski definition) is 0. The molecule has 4 heteroatoms. The second kappa shape index (κ2) is 20.3. The molecule has 4 rings (SSSR count). The summed E-state index contributed by atoms with van der Waals surface area (Å²) in [6.07, 6.45) is 26.7. The van der Waals surface area contributed by atoms with E-state index in [1.807, 2.05) is 0 Å². The zero-order chi connectivity index (χ0) is 34.3. The van der Waals surface area contributed by atoms with E-state index in [9.17, 15) is 9.59 Å². The molecule has 3 aliphatic rings. The van der Waals surface area contributed by atoms with Crippen molar-refractivity contribution >= 4 is 11.9 Å². The van der Waals surface area contributed by atoms with Crippen molar-refractivity contribution in [3.63, 3.8) is 0 Å². The van der Waals surface area contributed by atoms with Gasteiger partial charge in [0.05, 0.1) is 13.2 Å². The molecule has 4 nitrogen and oxygen atoms in total. The fraction of sp³-hybridized carbons (Fsp3) is 0.727. The van der Waals surface area contributed by atoms with Gasteiger partial charge in [-0.05, 0) is 156 Å². The van der Waals surface area contributed by atoms with Crippen LogP contribution in [0.2, 0.25) is 0 Å². The number of rotatable bonds is 18. The Kier molecular flexibility index (Phi) is 16.3. The second-order valence-electron chi connectivity index (χ2n) is 16.0. The minimum Gasteiger partial charge on any atom is -0.462 e. The predicted molar refractivity (Wildman–Crippen MR) is 199 cm³/mol. The lowest BCUT2D eigenvalue weighted by atomic mass is 9.64. The summed E-state index contributed by atoms with van der Waals surface area (Å²) in [4.78, 5) is 23.6. The lowest BCUT2D eigenvalue weighted by Gasteiger charge is -2.41. The Balaban J connectivity index is 1.20.